The van der Waals surface area contributed by atoms with E-state index in [9.17, 15) is 4.79 Å². The Balaban J connectivity index is 1.25. The van der Waals surface area contributed by atoms with Crippen molar-refractivity contribution in [3.63, 3.8) is 0 Å². The lowest BCUT2D eigenvalue weighted by Crippen LogP contribution is -2.55. The predicted octanol–water partition coefficient (Wildman–Crippen LogP) is 6.82. The molecule has 1 amide bonds. The van der Waals surface area contributed by atoms with E-state index in [1.54, 1.807) is 35.2 Å². The Morgan fingerprint density at radius 2 is 1.72 bits per heavy atom. The van der Waals surface area contributed by atoms with Crippen molar-refractivity contribution < 1.29 is 23.0 Å². The fraction of sp³-hybridized carbons (Fsp3) is 0.500. The Labute approximate surface area is 273 Å². The average molecular weight is 645 g/mol. The molecule has 2 saturated heterocycles. The quantitative estimate of drug-likeness (QED) is 0.217. The maximum Gasteiger partial charge on any atom is 0.410 e. The summed E-state index contributed by atoms with van der Waals surface area (Å²) >= 11 is 0. The van der Waals surface area contributed by atoms with Crippen molar-refractivity contribution >= 4 is 33.7 Å². The van der Waals surface area contributed by atoms with Gasteiger partial charge in [-0.2, -0.15) is 9.97 Å². The van der Waals surface area contributed by atoms with Gasteiger partial charge in [-0.3, -0.25) is 0 Å². The van der Waals surface area contributed by atoms with E-state index in [1.807, 2.05) is 32.6 Å². The first kappa shape index (κ1) is 31.5. The van der Waals surface area contributed by atoms with Gasteiger partial charge in [0.15, 0.2) is 5.65 Å². The molecule has 0 bridgehead atoms. The Morgan fingerprint density at radius 3 is 2.43 bits per heavy atom. The minimum Gasteiger partial charge on any atom is -0.463 e. The van der Waals surface area contributed by atoms with Gasteiger partial charge in [0, 0.05) is 48.6 Å². The lowest BCUT2D eigenvalue weighted by atomic mass is 10.0. The first-order valence-corrected chi connectivity index (χ1v) is 16.6. The zero-order chi connectivity index (χ0) is 32.9. The molecule has 2 aliphatic heterocycles. The highest BCUT2D eigenvalue weighted by Crippen LogP contribution is 2.47. The van der Waals surface area contributed by atoms with Crippen LogP contribution in [0.4, 0.5) is 19.4 Å². The van der Waals surface area contributed by atoms with Crippen molar-refractivity contribution in [3.05, 3.63) is 54.1 Å². The zero-order valence-corrected chi connectivity index (χ0v) is 27.6. The van der Waals surface area contributed by atoms with Gasteiger partial charge in [0.05, 0.1) is 12.0 Å². The summed E-state index contributed by atoms with van der Waals surface area (Å²) in [6, 6.07) is 11.4. The highest BCUT2D eigenvalue weighted by molar-refractivity contribution is 5.98. The van der Waals surface area contributed by atoms with Gasteiger partial charge >= 0.3 is 12.1 Å². The van der Waals surface area contributed by atoms with Gasteiger partial charge < -0.3 is 24.2 Å². The van der Waals surface area contributed by atoms with E-state index in [1.165, 1.54) is 25.0 Å². The van der Waals surface area contributed by atoms with Crippen molar-refractivity contribution in [3.8, 4) is 17.3 Å². The number of aromatic nitrogens is 3. The van der Waals surface area contributed by atoms with E-state index in [0.29, 0.717) is 53.8 Å². The Kier molecular flexibility index (Phi) is 8.14. The van der Waals surface area contributed by atoms with Crippen LogP contribution in [0.5, 0.6) is 6.01 Å². The fourth-order valence-electron chi connectivity index (χ4n) is 6.88. The van der Waals surface area contributed by atoms with E-state index in [4.69, 9.17) is 24.4 Å². The summed E-state index contributed by atoms with van der Waals surface area (Å²) in [4.78, 5) is 33.4. The Hall–Kier alpha value is -4.12. The van der Waals surface area contributed by atoms with Crippen LogP contribution in [-0.2, 0) is 4.74 Å². The molecule has 4 heterocycles. The van der Waals surface area contributed by atoms with Crippen LogP contribution in [0.25, 0.3) is 33.1 Å². The minimum absolute atomic E-state index is 0.0132. The molecule has 2 aromatic carbocycles. The maximum atomic E-state index is 16.1. The van der Waals surface area contributed by atoms with Crippen LogP contribution >= 0.6 is 0 Å². The highest BCUT2D eigenvalue weighted by Gasteiger charge is 2.45. The third-order valence-corrected chi connectivity index (χ3v) is 9.48. The van der Waals surface area contributed by atoms with Gasteiger partial charge in [-0.05, 0) is 84.0 Å². The van der Waals surface area contributed by atoms with Crippen LogP contribution in [0.1, 0.15) is 53.4 Å². The normalized spacial score (nSPS) is 19.8. The molecule has 4 aromatic rings. The van der Waals surface area contributed by atoms with Gasteiger partial charge in [-0.1, -0.05) is 30.3 Å². The minimum atomic E-state index is -0.603. The maximum absolute atomic E-state index is 16.1. The molecule has 3 fully saturated rings. The van der Waals surface area contributed by atoms with Gasteiger partial charge in [0.2, 0.25) is 0 Å². The van der Waals surface area contributed by atoms with Crippen molar-refractivity contribution in [2.24, 2.45) is 5.41 Å². The molecule has 7 rings (SSSR count). The van der Waals surface area contributed by atoms with E-state index in [0.717, 1.165) is 32.5 Å². The summed E-state index contributed by atoms with van der Waals surface area (Å²) in [6.07, 6.45) is 4.28. The van der Waals surface area contributed by atoms with Crippen LogP contribution in [0.2, 0.25) is 0 Å². The largest absolute Gasteiger partial charge is 0.463 e. The molecule has 0 unspecified atom stereocenters. The number of fused-ring (bicyclic) bond motifs is 2. The second-order valence-corrected chi connectivity index (χ2v) is 14.4. The second-order valence-electron chi connectivity index (χ2n) is 14.4. The molecule has 0 N–H and O–H groups in total. The molecular weight excluding hydrogens is 602 g/mol. The van der Waals surface area contributed by atoms with Crippen molar-refractivity contribution in [1.29, 1.82) is 0 Å². The number of amides is 1. The number of nitrogens with zero attached hydrogens (tertiary/aromatic N) is 6. The first-order valence-electron chi connectivity index (χ1n) is 16.6. The zero-order valence-electron chi connectivity index (χ0n) is 27.6. The Morgan fingerprint density at radius 1 is 0.979 bits per heavy atom. The number of likely N-dealkylation sites (tertiary alicyclic amines) is 1. The second kappa shape index (κ2) is 12.2. The van der Waals surface area contributed by atoms with E-state index < -0.39 is 17.2 Å². The third-order valence-electron chi connectivity index (χ3n) is 9.48. The number of carbonyl (C=O) groups excluding carboxylic acids is 1. The van der Waals surface area contributed by atoms with E-state index >= 15 is 8.78 Å². The summed E-state index contributed by atoms with van der Waals surface area (Å²) in [5, 5.41) is 1.38. The lowest BCUT2D eigenvalue weighted by molar-refractivity contribution is 0.0218. The Bertz CT molecular complexity index is 1810. The highest BCUT2D eigenvalue weighted by atomic mass is 19.1. The lowest BCUT2D eigenvalue weighted by Gasteiger charge is -2.41. The van der Waals surface area contributed by atoms with Gasteiger partial charge in [0.25, 0.3) is 0 Å². The van der Waals surface area contributed by atoms with Gasteiger partial charge in [-0.25, -0.2) is 18.6 Å². The molecule has 0 spiro atoms. The molecule has 9 nitrogen and oxygen atoms in total. The molecule has 11 heteroatoms. The molecule has 3 aliphatic rings. The topological polar surface area (TPSA) is 83.9 Å². The van der Waals surface area contributed by atoms with Crippen molar-refractivity contribution in [2.45, 2.75) is 65.0 Å². The van der Waals surface area contributed by atoms with Crippen LogP contribution in [0, 0.1) is 17.0 Å². The predicted molar refractivity (Wildman–Crippen MR) is 178 cm³/mol. The molecule has 2 aromatic heterocycles. The number of halogens is 2. The average Bonchev–Trinajstić information content (AvgIpc) is 3.60. The monoisotopic (exact) mass is 644 g/mol. The number of pyridine rings is 1. The molecule has 47 heavy (non-hydrogen) atoms. The SMILES string of the molecule is C[C@@H]1CN(C(=O)OC(C)(C)C)CCN1c1nc(OCC2(CN3CCCC3)CC2)nc2nc(-c3cccc4cccc(F)c34)c(F)cc12. The fourth-order valence-corrected chi connectivity index (χ4v) is 6.88. The van der Waals surface area contributed by atoms with Gasteiger partial charge in [0.1, 0.15) is 28.7 Å². The number of hydrogen-bond donors (Lipinski definition) is 0. The molecule has 0 radical (unpaired) electrons. The van der Waals surface area contributed by atoms with Crippen LogP contribution < -0.4 is 9.64 Å². The standard InChI is InChI=1S/C36H42F2N6O3/c1-23-20-43(34(45)47-35(2,3)4)17-18-44(23)32-26-19-28(38)30(25-11-7-9-24-10-8-12-27(37)29(24)25)39-31(26)40-33(41-32)46-22-36(13-14-36)21-42-15-5-6-16-42/h7-12,19,23H,5-6,13-18,20-22H2,1-4H3/t23-/m1/s1. The number of ether oxygens (including phenoxy) is 2. The van der Waals surface area contributed by atoms with Gasteiger partial charge in [-0.15, -0.1) is 0 Å². The number of piperazine rings is 1. The summed E-state index contributed by atoms with van der Waals surface area (Å²) in [7, 11) is 0. The number of carbonyl (C=O) groups is 1. The number of rotatable bonds is 7. The smallest absolute Gasteiger partial charge is 0.410 e. The number of hydrogen-bond acceptors (Lipinski definition) is 8. The summed E-state index contributed by atoms with van der Waals surface area (Å²) in [5.74, 6) is -0.557. The van der Waals surface area contributed by atoms with E-state index in [2.05, 4.69) is 4.90 Å². The van der Waals surface area contributed by atoms with Crippen molar-refractivity contribution in [2.75, 3.05) is 50.8 Å². The molecule has 1 aliphatic carbocycles. The number of anilines is 1. The molecule has 1 atom stereocenters. The number of benzene rings is 2. The summed E-state index contributed by atoms with van der Waals surface area (Å²) in [6.45, 7) is 12.5. The summed E-state index contributed by atoms with van der Waals surface area (Å²) < 4.78 is 43.1. The van der Waals surface area contributed by atoms with E-state index in [-0.39, 0.29) is 34.9 Å². The van der Waals surface area contributed by atoms with Crippen LogP contribution in [-0.4, -0.2) is 88.4 Å². The molecular formula is C36H42F2N6O3. The third kappa shape index (κ3) is 6.54. The first-order chi connectivity index (χ1) is 22.5. The van der Waals surface area contributed by atoms with Crippen LogP contribution in [0.15, 0.2) is 42.5 Å². The molecule has 248 valence electrons. The van der Waals surface area contributed by atoms with Crippen molar-refractivity contribution in [1.82, 2.24) is 24.8 Å². The summed E-state index contributed by atoms with van der Waals surface area (Å²) in [5.41, 5.74) is 0.107. The molecule has 1 saturated carbocycles. The van der Waals surface area contributed by atoms with Crippen LogP contribution in [0.3, 0.4) is 0 Å².